The average molecular weight is 502 g/mol. The van der Waals surface area contributed by atoms with Gasteiger partial charge in [-0.1, -0.05) is 0 Å². The highest BCUT2D eigenvalue weighted by molar-refractivity contribution is 5.98. The number of nitrogens with one attached hydrogen (secondary N) is 2. The van der Waals surface area contributed by atoms with E-state index in [1.165, 1.54) is 24.3 Å². The Morgan fingerprint density at radius 3 is 2.64 bits per heavy atom. The van der Waals surface area contributed by atoms with Crippen LogP contribution in [0.5, 0.6) is 5.75 Å². The number of carbonyl (C=O) groups is 2. The van der Waals surface area contributed by atoms with Crippen molar-refractivity contribution in [3.8, 4) is 5.75 Å². The van der Waals surface area contributed by atoms with E-state index < -0.39 is 35.5 Å². The fourth-order valence-electron chi connectivity index (χ4n) is 3.95. The first-order valence-corrected chi connectivity index (χ1v) is 10.7. The Hall–Kier alpha value is -4.55. The fraction of sp³-hybridized carbons (Fsp3) is 0.174. The largest absolute Gasteiger partial charge is 0.467 e. The fourth-order valence-corrected chi connectivity index (χ4v) is 3.95. The van der Waals surface area contributed by atoms with E-state index in [1.807, 2.05) is 4.57 Å². The van der Waals surface area contributed by atoms with Gasteiger partial charge in [-0.25, -0.2) is 14.2 Å². The number of ether oxygens (including phenoxy) is 1. The third-order valence-electron chi connectivity index (χ3n) is 5.61. The van der Waals surface area contributed by atoms with Crippen molar-refractivity contribution in [2.45, 2.75) is 25.4 Å². The Bertz CT molecular complexity index is 1380. The summed E-state index contributed by atoms with van der Waals surface area (Å²) in [6.45, 7) is 0.459. The van der Waals surface area contributed by atoms with Gasteiger partial charge in [0.25, 0.3) is 0 Å². The van der Waals surface area contributed by atoms with Gasteiger partial charge in [0.05, 0.1) is 16.9 Å². The van der Waals surface area contributed by atoms with Gasteiger partial charge in [-0.3, -0.25) is 19.6 Å². The lowest BCUT2D eigenvalue weighted by atomic mass is 10.1. The summed E-state index contributed by atoms with van der Waals surface area (Å²) >= 11 is 0. The summed E-state index contributed by atoms with van der Waals surface area (Å²) in [5, 5.41) is 5.88. The SMILES string of the molecule is NC(=O)N(c1ccc(OC2C=Cc3nc4n(c3N2)CCC(=O)N4)cc1)c1cc(C(F)(F)F)ccc1F. The standard InChI is InChI=1S/C23H18F4N6O3/c24-15-6-1-12(23(25,26)27)11-17(15)33(21(28)35)13-2-4-14(5-3-13)36-19-8-7-16-20(31-19)32-10-9-18(34)30-22(32)29-16/h1-8,11,19,31H,9-10H2,(H2,28,35)(H,29,30,34). The molecule has 3 aromatic rings. The van der Waals surface area contributed by atoms with Gasteiger partial charge in [-0.15, -0.1) is 0 Å². The van der Waals surface area contributed by atoms with Crippen LogP contribution in [0.3, 0.4) is 0 Å². The minimum atomic E-state index is -4.73. The topological polar surface area (TPSA) is 115 Å². The highest BCUT2D eigenvalue weighted by Crippen LogP contribution is 2.36. The normalized spacial score (nSPS) is 16.4. The van der Waals surface area contributed by atoms with Gasteiger partial charge in [-0.05, 0) is 54.6 Å². The number of nitrogens with zero attached hydrogens (tertiary/aromatic N) is 3. The zero-order chi connectivity index (χ0) is 25.6. The van der Waals surface area contributed by atoms with Crippen molar-refractivity contribution in [3.05, 3.63) is 65.6 Å². The molecular formula is C23H18F4N6O3. The number of anilines is 4. The van der Waals surface area contributed by atoms with Crippen molar-refractivity contribution in [1.29, 1.82) is 0 Å². The van der Waals surface area contributed by atoms with Gasteiger partial charge in [0.1, 0.15) is 23.1 Å². The third kappa shape index (κ3) is 4.30. The van der Waals surface area contributed by atoms with Crippen molar-refractivity contribution in [1.82, 2.24) is 9.55 Å². The van der Waals surface area contributed by atoms with Crippen LogP contribution in [0.25, 0.3) is 6.08 Å². The van der Waals surface area contributed by atoms with Crippen LogP contribution in [-0.2, 0) is 17.5 Å². The number of benzene rings is 2. The summed E-state index contributed by atoms with van der Waals surface area (Å²) in [5.74, 6) is 0.303. The molecule has 0 spiro atoms. The van der Waals surface area contributed by atoms with Crippen LogP contribution in [0.2, 0.25) is 0 Å². The van der Waals surface area contributed by atoms with Crippen LogP contribution in [0, 0.1) is 5.82 Å². The molecule has 9 nitrogen and oxygen atoms in total. The molecule has 0 fully saturated rings. The highest BCUT2D eigenvalue weighted by Gasteiger charge is 2.33. The first-order valence-electron chi connectivity index (χ1n) is 10.7. The molecule has 0 saturated heterocycles. The molecule has 1 aromatic heterocycles. The first-order chi connectivity index (χ1) is 17.1. The molecule has 36 heavy (non-hydrogen) atoms. The molecule has 0 aliphatic carbocycles. The molecule has 3 heterocycles. The minimum absolute atomic E-state index is 0.0445. The van der Waals surface area contributed by atoms with Gasteiger partial charge in [0, 0.05) is 13.0 Å². The predicted molar refractivity (Wildman–Crippen MR) is 122 cm³/mol. The summed E-state index contributed by atoms with van der Waals surface area (Å²) in [6.07, 6.45) is -1.56. The summed E-state index contributed by atoms with van der Waals surface area (Å²) in [4.78, 5) is 28.7. The van der Waals surface area contributed by atoms with Crippen LogP contribution < -0.4 is 26.0 Å². The number of primary amides is 1. The molecule has 2 aromatic carbocycles. The number of carbonyl (C=O) groups excluding carboxylic acids is 2. The Labute approximate surface area is 201 Å². The van der Waals surface area contributed by atoms with Gasteiger partial charge < -0.3 is 15.8 Å². The van der Waals surface area contributed by atoms with Crippen molar-refractivity contribution in [2.24, 2.45) is 5.73 Å². The molecular weight excluding hydrogens is 484 g/mol. The number of rotatable bonds is 4. The van der Waals surface area contributed by atoms with Crippen LogP contribution >= 0.6 is 0 Å². The van der Waals surface area contributed by atoms with Crippen molar-refractivity contribution < 1.29 is 31.9 Å². The first kappa shape index (κ1) is 23.2. The second-order valence-electron chi connectivity index (χ2n) is 7.99. The molecule has 0 radical (unpaired) electrons. The zero-order valence-electron chi connectivity index (χ0n) is 18.3. The van der Waals surface area contributed by atoms with Gasteiger partial charge in [0.2, 0.25) is 11.9 Å². The number of nitrogens with two attached hydrogens (primary N) is 1. The van der Waals surface area contributed by atoms with Crippen molar-refractivity contribution >= 4 is 41.2 Å². The van der Waals surface area contributed by atoms with E-state index >= 15 is 0 Å². The maximum atomic E-state index is 14.4. The summed E-state index contributed by atoms with van der Waals surface area (Å²) < 4.78 is 61.5. The molecule has 2 aliphatic rings. The van der Waals surface area contributed by atoms with E-state index in [9.17, 15) is 27.2 Å². The quantitative estimate of drug-likeness (QED) is 0.457. The molecule has 0 saturated carbocycles. The third-order valence-corrected chi connectivity index (χ3v) is 5.61. The molecule has 3 amide bonds. The Kier molecular flexibility index (Phi) is 5.54. The average Bonchev–Trinajstić information content (AvgIpc) is 3.17. The van der Waals surface area contributed by atoms with E-state index in [0.29, 0.717) is 59.3 Å². The molecule has 1 unspecified atom stereocenters. The lowest BCUT2D eigenvalue weighted by molar-refractivity contribution is -0.137. The highest BCUT2D eigenvalue weighted by atomic mass is 19.4. The number of amides is 3. The molecule has 186 valence electrons. The number of hydrogen-bond donors (Lipinski definition) is 3. The molecule has 2 aliphatic heterocycles. The molecule has 13 heteroatoms. The van der Waals surface area contributed by atoms with Gasteiger partial charge in [0.15, 0.2) is 6.23 Å². The number of halogens is 4. The van der Waals surface area contributed by atoms with Crippen molar-refractivity contribution in [2.75, 3.05) is 15.5 Å². The van der Waals surface area contributed by atoms with E-state index in [4.69, 9.17) is 10.5 Å². The van der Waals surface area contributed by atoms with Crippen molar-refractivity contribution in [3.63, 3.8) is 0 Å². The second-order valence-corrected chi connectivity index (χ2v) is 7.99. The number of urea groups is 1. The number of fused-ring (bicyclic) bond motifs is 3. The Morgan fingerprint density at radius 1 is 1.19 bits per heavy atom. The zero-order valence-corrected chi connectivity index (χ0v) is 18.3. The van der Waals surface area contributed by atoms with E-state index in [2.05, 4.69) is 15.6 Å². The maximum absolute atomic E-state index is 14.4. The summed E-state index contributed by atoms with van der Waals surface area (Å²) in [6, 6.07) is 6.24. The number of imidazole rings is 1. The maximum Gasteiger partial charge on any atom is 0.416 e. The van der Waals surface area contributed by atoms with Crippen LogP contribution in [0.4, 0.5) is 45.5 Å². The molecule has 0 bridgehead atoms. The number of hydrogen-bond acceptors (Lipinski definition) is 5. The summed E-state index contributed by atoms with van der Waals surface area (Å²) in [7, 11) is 0. The molecule has 1 atom stereocenters. The predicted octanol–water partition coefficient (Wildman–Crippen LogP) is 4.44. The second kappa shape index (κ2) is 8.59. The Morgan fingerprint density at radius 2 is 1.94 bits per heavy atom. The summed E-state index contributed by atoms with van der Waals surface area (Å²) in [5.41, 5.74) is 4.30. The van der Waals surface area contributed by atoms with Gasteiger partial charge in [-0.2, -0.15) is 13.2 Å². The van der Waals surface area contributed by atoms with Gasteiger partial charge >= 0.3 is 12.2 Å². The molecule has 4 N–H and O–H groups in total. The van der Waals surface area contributed by atoms with E-state index in [0.717, 1.165) is 0 Å². The molecule has 5 rings (SSSR count). The lowest BCUT2D eigenvalue weighted by Gasteiger charge is -2.25. The number of aromatic nitrogens is 2. The Balaban J connectivity index is 1.35. The monoisotopic (exact) mass is 502 g/mol. The van der Waals surface area contributed by atoms with Crippen LogP contribution in [-0.4, -0.2) is 27.7 Å². The smallest absolute Gasteiger partial charge is 0.416 e. The van der Waals surface area contributed by atoms with E-state index in [1.54, 1.807) is 12.2 Å². The van der Waals surface area contributed by atoms with E-state index in [-0.39, 0.29) is 11.6 Å². The minimum Gasteiger partial charge on any atom is -0.467 e. The lowest BCUT2D eigenvalue weighted by Crippen LogP contribution is -2.32. The van der Waals surface area contributed by atoms with Crippen LogP contribution in [0.1, 0.15) is 17.7 Å². The number of alkyl halides is 3. The van der Waals surface area contributed by atoms with Crippen LogP contribution in [0.15, 0.2) is 48.5 Å².